The predicted octanol–water partition coefficient (Wildman–Crippen LogP) is 0.769. The van der Waals surface area contributed by atoms with E-state index in [0.29, 0.717) is 11.3 Å². The molecule has 3 N–H and O–H groups in total. The second-order valence-corrected chi connectivity index (χ2v) is 5.39. The summed E-state index contributed by atoms with van der Waals surface area (Å²) in [6.45, 7) is 1.95. The zero-order valence-electron chi connectivity index (χ0n) is 11.8. The van der Waals surface area contributed by atoms with Gasteiger partial charge in [-0.2, -0.15) is 0 Å². The number of likely N-dealkylation sites (N-methyl/N-ethyl adjacent to an activating group) is 1. The molecule has 0 radical (unpaired) electrons. The van der Waals surface area contributed by atoms with Gasteiger partial charge in [-0.25, -0.2) is 0 Å². The van der Waals surface area contributed by atoms with Gasteiger partial charge in [0.15, 0.2) is 0 Å². The highest BCUT2D eigenvalue weighted by molar-refractivity contribution is 5.96. The molecule has 1 amide bonds. The number of hydrogen-bond donors (Lipinski definition) is 2. The number of carbonyl (C=O) groups excluding carboxylic acids is 1. The summed E-state index contributed by atoms with van der Waals surface area (Å²) < 4.78 is 0. The number of carbonyl (C=O) groups is 1. The van der Waals surface area contributed by atoms with Crippen molar-refractivity contribution < 1.29 is 4.79 Å². The molecule has 0 aromatic heterocycles. The highest BCUT2D eigenvalue weighted by Crippen LogP contribution is 2.22. The molecule has 1 fully saturated rings. The molecule has 1 aromatic carbocycles. The Hall–Kier alpha value is -1.75. The number of likely N-dealkylation sites (tertiary alicyclic amines) is 1. The molecule has 1 aliphatic rings. The Morgan fingerprint density at radius 2 is 2.21 bits per heavy atom. The van der Waals surface area contributed by atoms with E-state index < -0.39 is 0 Å². The Labute approximate surface area is 114 Å². The van der Waals surface area contributed by atoms with Crippen molar-refractivity contribution in [2.45, 2.75) is 12.5 Å². The second kappa shape index (κ2) is 5.48. The molecule has 1 aromatic rings. The van der Waals surface area contributed by atoms with Crippen LogP contribution in [-0.4, -0.2) is 51.1 Å². The van der Waals surface area contributed by atoms with E-state index in [4.69, 9.17) is 5.73 Å². The SMILES string of the molecule is CN1CCC(NC(=O)c2ccc(N(C)C)c(N)c2)C1. The average Bonchev–Trinajstić information content (AvgIpc) is 2.74. The van der Waals surface area contributed by atoms with Gasteiger partial charge in [-0.05, 0) is 38.2 Å². The molecule has 1 aliphatic heterocycles. The standard InChI is InChI=1S/C14H22N4O/c1-17(2)13-5-4-10(8-12(13)15)14(19)16-11-6-7-18(3)9-11/h4-5,8,11H,6-7,9,15H2,1-3H3,(H,16,19). The summed E-state index contributed by atoms with van der Waals surface area (Å²) in [7, 11) is 5.93. The van der Waals surface area contributed by atoms with Gasteiger partial charge in [0.25, 0.3) is 5.91 Å². The number of nitrogens with two attached hydrogens (primary N) is 1. The molecule has 19 heavy (non-hydrogen) atoms. The molecule has 0 spiro atoms. The molecule has 0 aliphatic carbocycles. The van der Waals surface area contributed by atoms with Crippen molar-refractivity contribution in [2.24, 2.45) is 0 Å². The van der Waals surface area contributed by atoms with Crippen LogP contribution in [0.5, 0.6) is 0 Å². The number of benzene rings is 1. The average molecular weight is 262 g/mol. The third-order valence-corrected chi connectivity index (χ3v) is 3.50. The maximum atomic E-state index is 12.1. The Kier molecular flexibility index (Phi) is 3.95. The van der Waals surface area contributed by atoms with Crippen molar-refractivity contribution >= 4 is 17.3 Å². The fraction of sp³-hybridized carbons (Fsp3) is 0.500. The summed E-state index contributed by atoms with van der Waals surface area (Å²) in [6, 6.07) is 5.68. The Morgan fingerprint density at radius 3 is 2.74 bits per heavy atom. The summed E-state index contributed by atoms with van der Waals surface area (Å²) in [5.41, 5.74) is 8.14. The zero-order chi connectivity index (χ0) is 14.0. The summed E-state index contributed by atoms with van der Waals surface area (Å²) >= 11 is 0. The van der Waals surface area contributed by atoms with Gasteiger partial charge >= 0.3 is 0 Å². The zero-order valence-corrected chi connectivity index (χ0v) is 11.8. The molecule has 0 saturated carbocycles. The van der Waals surface area contributed by atoms with Crippen LogP contribution in [-0.2, 0) is 0 Å². The summed E-state index contributed by atoms with van der Waals surface area (Å²) in [5, 5.41) is 3.05. The molecular formula is C14H22N4O. The van der Waals surface area contributed by atoms with Gasteiger partial charge in [0.05, 0.1) is 11.4 Å². The third kappa shape index (κ3) is 3.17. The van der Waals surface area contributed by atoms with Gasteiger partial charge in [0.1, 0.15) is 0 Å². The van der Waals surface area contributed by atoms with Crippen LogP contribution < -0.4 is 16.0 Å². The summed E-state index contributed by atoms with van der Waals surface area (Å²) in [6.07, 6.45) is 1.01. The van der Waals surface area contributed by atoms with Crippen LogP contribution in [0.25, 0.3) is 0 Å². The van der Waals surface area contributed by atoms with Gasteiger partial charge in [-0.15, -0.1) is 0 Å². The number of nitrogen functional groups attached to an aromatic ring is 1. The first-order valence-electron chi connectivity index (χ1n) is 6.53. The summed E-state index contributed by atoms with van der Waals surface area (Å²) in [5.74, 6) is -0.0442. The number of nitrogens with zero attached hydrogens (tertiary/aromatic N) is 2. The lowest BCUT2D eigenvalue weighted by molar-refractivity contribution is 0.0938. The first-order chi connectivity index (χ1) is 8.97. The first-order valence-corrected chi connectivity index (χ1v) is 6.53. The fourth-order valence-corrected chi connectivity index (χ4v) is 2.42. The van der Waals surface area contributed by atoms with E-state index >= 15 is 0 Å². The van der Waals surface area contributed by atoms with Crippen LogP contribution in [0.4, 0.5) is 11.4 Å². The Morgan fingerprint density at radius 1 is 1.47 bits per heavy atom. The Balaban J connectivity index is 2.05. The van der Waals surface area contributed by atoms with Crippen LogP contribution in [0, 0.1) is 0 Å². The van der Waals surface area contributed by atoms with Crippen LogP contribution in [0.2, 0.25) is 0 Å². The third-order valence-electron chi connectivity index (χ3n) is 3.50. The van der Waals surface area contributed by atoms with E-state index in [2.05, 4.69) is 17.3 Å². The van der Waals surface area contributed by atoms with E-state index in [1.165, 1.54) is 0 Å². The number of anilines is 2. The first kappa shape index (κ1) is 13.7. The fourth-order valence-electron chi connectivity index (χ4n) is 2.42. The minimum absolute atomic E-state index is 0.0442. The van der Waals surface area contributed by atoms with Crippen LogP contribution in [0.3, 0.4) is 0 Å². The molecular weight excluding hydrogens is 240 g/mol. The number of hydrogen-bond acceptors (Lipinski definition) is 4. The van der Waals surface area contributed by atoms with Crippen molar-refractivity contribution in [3.05, 3.63) is 23.8 Å². The van der Waals surface area contributed by atoms with Gasteiger partial charge in [0, 0.05) is 32.2 Å². The molecule has 5 heteroatoms. The number of nitrogens with one attached hydrogen (secondary N) is 1. The van der Waals surface area contributed by atoms with Gasteiger partial charge < -0.3 is 20.9 Å². The molecule has 5 nitrogen and oxygen atoms in total. The molecule has 2 rings (SSSR count). The quantitative estimate of drug-likeness (QED) is 0.790. The van der Waals surface area contributed by atoms with Gasteiger partial charge in [0.2, 0.25) is 0 Å². The number of rotatable bonds is 3. The lowest BCUT2D eigenvalue weighted by Crippen LogP contribution is -2.36. The maximum Gasteiger partial charge on any atom is 0.251 e. The van der Waals surface area contributed by atoms with E-state index in [-0.39, 0.29) is 11.9 Å². The minimum Gasteiger partial charge on any atom is -0.397 e. The number of amides is 1. The lowest BCUT2D eigenvalue weighted by atomic mass is 10.1. The van der Waals surface area contributed by atoms with E-state index in [9.17, 15) is 4.79 Å². The largest absolute Gasteiger partial charge is 0.397 e. The molecule has 1 heterocycles. The molecule has 1 saturated heterocycles. The second-order valence-electron chi connectivity index (χ2n) is 5.39. The Bertz CT molecular complexity index is 473. The molecule has 0 bridgehead atoms. The normalized spacial score (nSPS) is 19.4. The molecule has 1 unspecified atom stereocenters. The monoisotopic (exact) mass is 262 g/mol. The van der Waals surface area contributed by atoms with E-state index in [1.807, 2.05) is 31.1 Å². The molecule has 1 atom stereocenters. The van der Waals surface area contributed by atoms with Crippen LogP contribution in [0.1, 0.15) is 16.8 Å². The van der Waals surface area contributed by atoms with Gasteiger partial charge in [-0.3, -0.25) is 4.79 Å². The highest BCUT2D eigenvalue weighted by Gasteiger charge is 2.21. The van der Waals surface area contributed by atoms with Gasteiger partial charge in [-0.1, -0.05) is 0 Å². The smallest absolute Gasteiger partial charge is 0.251 e. The highest BCUT2D eigenvalue weighted by atomic mass is 16.1. The van der Waals surface area contributed by atoms with Crippen molar-refractivity contribution in [1.82, 2.24) is 10.2 Å². The minimum atomic E-state index is -0.0442. The van der Waals surface area contributed by atoms with Crippen LogP contribution >= 0.6 is 0 Å². The predicted molar refractivity (Wildman–Crippen MR) is 78.5 cm³/mol. The van der Waals surface area contributed by atoms with Crippen molar-refractivity contribution in [3.8, 4) is 0 Å². The van der Waals surface area contributed by atoms with E-state index in [0.717, 1.165) is 25.2 Å². The lowest BCUT2D eigenvalue weighted by Gasteiger charge is -2.17. The van der Waals surface area contributed by atoms with E-state index in [1.54, 1.807) is 6.07 Å². The van der Waals surface area contributed by atoms with Crippen molar-refractivity contribution in [3.63, 3.8) is 0 Å². The van der Waals surface area contributed by atoms with Crippen molar-refractivity contribution in [2.75, 3.05) is 44.9 Å². The topological polar surface area (TPSA) is 61.6 Å². The summed E-state index contributed by atoms with van der Waals surface area (Å²) in [4.78, 5) is 16.3. The molecule has 104 valence electrons. The maximum absolute atomic E-state index is 12.1. The van der Waals surface area contributed by atoms with Crippen molar-refractivity contribution in [1.29, 1.82) is 0 Å². The van der Waals surface area contributed by atoms with Crippen LogP contribution in [0.15, 0.2) is 18.2 Å².